The molecule has 1 aromatic rings. The Kier molecular flexibility index (Phi) is 8.11. The minimum absolute atomic E-state index is 0.00692. The molecule has 3 amide bonds. The van der Waals surface area contributed by atoms with Gasteiger partial charge in [0.15, 0.2) is 0 Å². The molecule has 1 aliphatic heterocycles. The van der Waals surface area contributed by atoms with Crippen molar-refractivity contribution < 1.29 is 27.9 Å². The summed E-state index contributed by atoms with van der Waals surface area (Å²) < 4.78 is 28.6. The summed E-state index contributed by atoms with van der Waals surface area (Å²) in [6, 6.07) is 5.73. The number of amides is 3. The summed E-state index contributed by atoms with van der Waals surface area (Å²) in [6.45, 7) is -2.62. The van der Waals surface area contributed by atoms with Gasteiger partial charge in [-0.1, -0.05) is 12.1 Å². The van der Waals surface area contributed by atoms with Gasteiger partial charge in [0.25, 0.3) is 11.1 Å². The molecule has 0 saturated carbocycles. The summed E-state index contributed by atoms with van der Waals surface area (Å²) in [7, 11) is 0. The third kappa shape index (κ3) is 6.55. The Hall–Kier alpha value is -2.07. The SMILES string of the molecule is CSCCC(=O)NCCN1C(=O)SC(=Cc2ccc(OC(F)F)cc2)C1=O. The molecule has 6 nitrogen and oxygen atoms in total. The molecule has 0 spiro atoms. The number of nitrogens with one attached hydrogen (secondary N) is 1. The van der Waals surface area contributed by atoms with Crippen molar-refractivity contribution in [3.63, 3.8) is 0 Å². The molecule has 0 atom stereocenters. The standard InChI is InChI=1S/C17H18F2N2O4S2/c1-26-9-6-14(22)20-7-8-21-15(23)13(27-17(21)24)10-11-2-4-12(5-3-11)25-16(18)19/h2-5,10,16H,6-9H2,1H3,(H,20,22). The first-order chi connectivity index (χ1) is 12.9. The van der Waals surface area contributed by atoms with Crippen molar-refractivity contribution in [2.24, 2.45) is 0 Å². The highest BCUT2D eigenvalue weighted by atomic mass is 32.2. The second kappa shape index (κ2) is 10.3. The fourth-order valence-corrected chi connectivity index (χ4v) is 3.43. The lowest BCUT2D eigenvalue weighted by Gasteiger charge is -2.12. The van der Waals surface area contributed by atoms with E-state index in [0.29, 0.717) is 17.7 Å². The zero-order chi connectivity index (χ0) is 19.8. The Morgan fingerprint density at radius 3 is 2.67 bits per heavy atom. The van der Waals surface area contributed by atoms with Crippen LogP contribution in [0.2, 0.25) is 0 Å². The number of carbonyl (C=O) groups is 3. The molecule has 0 bridgehead atoms. The van der Waals surface area contributed by atoms with Crippen LogP contribution in [0.25, 0.3) is 6.08 Å². The van der Waals surface area contributed by atoms with Crippen molar-refractivity contribution in [1.82, 2.24) is 10.2 Å². The van der Waals surface area contributed by atoms with E-state index in [9.17, 15) is 23.2 Å². The van der Waals surface area contributed by atoms with E-state index < -0.39 is 17.8 Å². The molecule has 0 radical (unpaired) electrons. The van der Waals surface area contributed by atoms with E-state index in [2.05, 4.69) is 10.1 Å². The van der Waals surface area contributed by atoms with Crippen LogP contribution in [-0.4, -0.2) is 53.7 Å². The molecule has 1 fully saturated rings. The first kappa shape index (κ1) is 21.2. The number of nitrogens with zero attached hydrogens (tertiary/aromatic N) is 1. The molecule has 1 N–H and O–H groups in total. The number of halogens is 2. The average molecular weight is 416 g/mol. The number of hydrogen-bond donors (Lipinski definition) is 1. The van der Waals surface area contributed by atoms with E-state index in [-0.39, 0.29) is 29.7 Å². The average Bonchev–Trinajstić information content (AvgIpc) is 2.88. The molecule has 2 rings (SSSR count). The molecular formula is C17H18F2N2O4S2. The van der Waals surface area contributed by atoms with Crippen LogP contribution in [-0.2, 0) is 9.59 Å². The maximum absolute atomic E-state index is 12.4. The smallest absolute Gasteiger partial charge is 0.387 e. The maximum Gasteiger partial charge on any atom is 0.387 e. The van der Waals surface area contributed by atoms with Gasteiger partial charge < -0.3 is 10.1 Å². The van der Waals surface area contributed by atoms with E-state index >= 15 is 0 Å². The number of alkyl halides is 2. The van der Waals surface area contributed by atoms with E-state index in [1.165, 1.54) is 30.3 Å². The van der Waals surface area contributed by atoms with Crippen LogP contribution in [0.4, 0.5) is 13.6 Å². The van der Waals surface area contributed by atoms with Crippen LogP contribution in [0, 0.1) is 0 Å². The molecule has 0 aliphatic carbocycles. The summed E-state index contributed by atoms with van der Waals surface area (Å²) in [5, 5.41) is 2.25. The normalized spacial score (nSPS) is 15.7. The molecular weight excluding hydrogens is 398 g/mol. The lowest BCUT2D eigenvalue weighted by atomic mass is 10.2. The largest absolute Gasteiger partial charge is 0.435 e. The Labute approximate surface area is 163 Å². The van der Waals surface area contributed by atoms with Gasteiger partial charge in [-0.2, -0.15) is 20.5 Å². The number of ether oxygens (including phenoxy) is 1. The van der Waals surface area contributed by atoms with Gasteiger partial charge in [0.05, 0.1) is 4.91 Å². The van der Waals surface area contributed by atoms with Crippen LogP contribution in [0.1, 0.15) is 12.0 Å². The van der Waals surface area contributed by atoms with Crippen LogP contribution in [0.15, 0.2) is 29.2 Å². The topological polar surface area (TPSA) is 75.7 Å². The second-order valence-corrected chi connectivity index (χ2v) is 7.35. The zero-order valence-electron chi connectivity index (χ0n) is 14.4. The van der Waals surface area contributed by atoms with Crippen molar-refractivity contribution in [1.29, 1.82) is 0 Å². The highest BCUT2D eigenvalue weighted by Gasteiger charge is 2.34. The van der Waals surface area contributed by atoms with Gasteiger partial charge in [-0.3, -0.25) is 19.3 Å². The summed E-state index contributed by atoms with van der Waals surface area (Å²) in [6.07, 6.45) is 3.79. The first-order valence-electron chi connectivity index (χ1n) is 7.96. The number of carbonyl (C=O) groups excluding carboxylic acids is 3. The lowest BCUT2D eigenvalue weighted by molar-refractivity contribution is -0.124. The monoisotopic (exact) mass is 416 g/mol. The molecule has 1 heterocycles. The number of benzene rings is 1. The number of rotatable bonds is 9. The van der Waals surface area contributed by atoms with Crippen LogP contribution in [0.3, 0.4) is 0 Å². The highest BCUT2D eigenvalue weighted by molar-refractivity contribution is 8.18. The minimum atomic E-state index is -2.91. The number of hydrogen-bond acceptors (Lipinski definition) is 6. The third-order valence-electron chi connectivity index (χ3n) is 3.47. The summed E-state index contributed by atoms with van der Waals surface area (Å²) in [5.41, 5.74) is 0.576. The zero-order valence-corrected chi connectivity index (χ0v) is 16.1. The summed E-state index contributed by atoms with van der Waals surface area (Å²) in [4.78, 5) is 37.2. The molecule has 146 valence electrons. The molecule has 27 heavy (non-hydrogen) atoms. The van der Waals surface area contributed by atoms with Gasteiger partial charge in [0.1, 0.15) is 5.75 Å². The van der Waals surface area contributed by atoms with Crippen molar-refractivity contribution in [3.8, 4) is 5.75 Å². The van der Waals surface area contributed by atoms with Gasteiger partial charge in [0.2, 0.25) is 5.91 Å². The highest BCUT2D eigenvalue weighted by Crippen LogP contribution is 2.32. The van der Waals surface area contributed by atoms with E-state index in [4.69, 9.17) is 0 Å². The van der Waals surface area contributed by atoms with Gasteiger partial charge in [-0.25, -0.2) is 0 Å². The Bertz CT molecular complexity index is 726. The van der Waals surface area contributed by atoms with Crippen LogP contribution < -0.4 is 10.1 Å². The van der Waals surface area contributed by atoms with Gasteiger partial charge in [-0.15, -0.1) is 0 Å². The van der Waals surface area contributed by atoms with Crippen molar-refractivity contribution in [2.45, 2.75) is 13.0 Å². The summed E-state index contributed by atoms with van der Waals surface area (Å²) >= 11 is 2.35. The van der Waals surface area contributed by atoms with E-state index in [1.807, 2.05) is 6.26 Å². The predicted molar refractivity (Wildman–Crippen MR) is 102 cm³/mol. The number of imide groups is 1. The van der Waals surface area contributed by atoms with Crippen molar-refractivity contribution >= 4 is 46.7 Å². The Balaban J connectivity index is 1.92. The first-order valence-corrected chi connectivity index (χ1v) is 10.2. The lowest BCUT2D eigenvalue weighted by Crippen LogP contribution is -2.37. The molecule has 0 aromatic heterocycles. The molecule has 1 aliphatic rings. The fourth-order valence-electron chi connectivity index (χ4n) is 2.18. The van der Waals surface area contributed by atoms with Gasteiger partial charge in [-0.05, 0) is 41.8 Å². The van der Waals surface area contributed by atoms with Crippen molar-refractivity contribution in [3.05, 3.63) is 34.7 Å². The van der Waals surface area contributed by atoms with Crippen molar-refractivity contribution in [2.75, 3.05) is 25.1 Å². The van der Waals surface area contributed by atoms with Gasteiger partial charge in [0, 0.05) is 25.3 Å². The third-order valence-corrected chi connectivity index (χ3v) is 4.99. The molecule has 10 heteroatoms. The number of thioether (sulfide) groups is 2. The fraction of sp³-hybridized carbons (Fsp3) is 0.353. The van der Waals surface area contributed by atoms with Crippen LogP contribution in [0.5, 0.6) is 5.75 Å². The van der Waals surface area contributed by atoms with Crippen LogP contribution >= 0.6 is 23.5 Å². The quantitative estimate of drug-likeness (QED) is 0.623. The maximum atomic E-state index is 12.4. The Morgan fingerprint density at radius 2 is 2.04 bits per heavy atom. The Morgan fingerprint density at radius 1 is 1.33 bits per heavy atom. The second-order valence-electron chi connectivity index (χ2n) is 5.37. The summed E-state index contributed by atoms with van der Waals surface area (Å²) in [5.74, 6) is 0.138. The minimum Gasteiger partial charge on any atom is -0.435 e. The molecule has 0 unspecified atom stereocenters. The van der Waals surface area contributed by atoms with E-state index in [0.717, 1.165) is 16.7 Å². The van der Waals surface area contributed by atoms with E-state index in [1.54, 1.807) is 11.8 Å². The predicted octanol–water partition coefficient (Wildman–Crippen LogP) is 3.19. The van der Waals surface area contributed by atoms with Gasteiger partial charge >= 0.3 is 6.61 Å². The molecule has 1 saturated heterocycles. The molecule has 1 aromatic carbocycles.